The smallest absolute Gasteiger partial charge is 0.269 e. The van der Waals surface area contributed by atoms with Gasteiger partial charge in [-0.25, -0.2) is 4.68 Å². The number of nitro groups is 1. The summed E-state index contributed by atoms with van der Waals surface area (Å²) in [5.74, 6) is 0. The molecule has 0 amide bonds. The van der Waals surface area contributed by atoms with Crippen LogP contribution in [0.4, 0.5) is 5.69 Å². The monoisotopic (exact) mass is 442 g/mol. The molecule has 0 spiro atoms. The van der Waals surface area contributed by atoms with Crippen molar-refractivity contribution in [1.29, 1.82) is 0 Å². The van der Waals surface area contributed by atoms with Gasteiger partial charge in [-0.1, -0.05) is 53.7 Å². The second-order valence-corrected chi connectivity index (χ2v) is 7.31. The van der Waals surface area contributed by atoms with E-state index in [1.165, 1.54) is 12.1 Å². The van der Waals surface area contributed by atoms with E-state index in [-0.39, 0.29) is 11.7 Å². The highest BCUT2D eigenvalue weighted by molar-refractivity contribution is 5.76. The average Bonchev–Trinajstić information content (AvgIpc) is 3.30. The van der Waals surface area contributed by atoms with Gasteiger partial charge < -0.3 is 4.74 Å². The molecule has 9 heteroatoms. The minimum atomic E-state index is -0.419. The number of ether oxygens (including phenoxy) is 1. The van der Waals surface area contributed by atoms with E-state index in [1.54, 1.807) is 35.4 Å². The van der Waals surface area contributed by atoms with Gasteiger partial charge in [0.25, 0.3) is 5.69 Å². The second kappa shape index (κ2) is 10.9. The van der Waals surface area contributed by atoms with E-state index in [4.69, 9.17) is 4.74 Å². The topological polar surface area (TPSA) is 108 Å². The minimum Gasteiger partial charge on any atom is -0.372 e. The lowest BCUT2D eigenvalue weighted by Gasteiger charge is -2.13. The molecule has 0 aliphatic rings. The van der Waals surface area contributed by atoms with Gasteiger partial charge >= 0.3 is 0 Å². The quantitative estimate of drug-likeness (QED) is 0.209. The zero-order chi connectivity index (χ0) is 22.9. The van der Waals surface area contributed by atoms with Crippen LogP contribution in [0.3, 0.4) is 0 Å². The van der Waals surface area contributed by atoms with E-state index in [1.807, 2.05) is 48.5 Å². The largest absolute Gasteiger partial charge is 0.372 e. The van der Waals surface area contributed by atoms with Crippen molar-refractivity contribution in [2.45, 2.75) is 19.2 Å². The Morgan fingerprint density at radius 3 is 2.58 bits per heavy atom. The Hall–Kier alpha value is -4.24. The van der Waals surface area contributed by atoms with Crippen LogP contribution in [-0.4, -0.2) is 37.7 Å². The molecule has 0 aliphatic heterocycles. The van der Waals surface area contributed by atoms with Crippen molar-refractivity contribution < 1.29 is 9.66 Å². The Balaban J connectivity index is 1.35. The number of aromatic nitrogens is 4. The van der Waals surface area contributed by atoms with E-state index >= 15 is 0 Å². The Labute approximate surface area is 190 Å². The van der Waals surface area contributed by atoms with Crippen molar-refractivity contribution in [2.75, 3.05) is 6.61 Å². The summed E-state index contributed by atoms with van der Waals surface area (Å²) in [6.07, 6.45) is 5.28. The molecular formula is C24H22N6O3. The van der Waals surface area contributed by atoms with Crippen LogP contribution in [0.5, 0.6) is 0 Å². The molecule has 0 saturated heterocycles. The SMILES string of the molecule is O=[N+]([O-])c1ccc(Cn2cc(COC[C@H](N=Cc3ccccn3)c3ccccc3)nn2)cc1. The standard InChI is InChI=1S/C24H22N6O3/c31-30(32)23-11-9-19(10-12-23)15-29-16-22(27-28-29)17-33-18-24(20-6-2-1-3-7-20)26-14-21-8-4-5-13-25-21/h1-14,16,24H,15,17-18H2/t24-/m0/s1. The van der Waals surface area contributed by atoms with Crippen molar-refractivity contribution in [3.63, 3.8) is 0 Å². The fourth-order valence-electron chi connectivity index (χ4n) is 3.19. The summed E-state index contributed by atoms with van der Waals surface area (Å²) in [7, 11) is 0. The van der Waals surface area contributed by atoms with Crippen molar-refractivity contribution in [3.05, 3.63) is 118 Å². The number of nitro benzene ring substituents is 1. The number of pyridine rings is 1. The first-order chi connectivity index (χ1) is 16.2. The molecule has 2 heterocycles. The molecule has 0 fully saturated rings. The number of non-ortho nitro benzene ring substituents is 1. The van der Waals surface area contributed by atoms with Crippen molar-refractivity contribution >= 4 is 11.9 Å². The van der Waals surface area contributed by atoms with Crippen molar-refractivity contribution in [2.24, 2.45) is 4.99 Å². The van der Waals surface area contributed by atoms with E-state index in [2.05, 4.69) is 20.3 Å². The molecule has 166 valence electrons. The molecule has 0 N–H and O–H groups in total. The molecule has 0 bridgehead atoms. The normalized spacial score (nSPS) is 12.1. The number of rotatable bonds is 10. The number of hydrogen-bond donors (Lipinski definition) is 0. The van der Waals surface area contributed by atoms with Gasteiger partial charge in [-0.05, 0) is 23.3 Å². The van der Waals surface area contributed by atoms with Crippen LogP contribution in [0.15, 0.2) is 90.2 Å². The summed E-state index contributed by atoms with van der Waals surface area (Å²) in [6, 6.07) is 21.8. The summed E-state index contributed by atoms with van der Waals surface area (Å²) in [6.45, 7) is 1.14. The highest BCUT2D eigenvalue weighted by Gasteiger charge is 2.11. The third kappa shape index (κ3) is 6.37. The third-order valence-electron chi connectivity index (χ3n) is 4.86. The molecule has 4 rings (SSSR count). The van der Waals surface area contributed by atoms with Crippen molar-refractivity contribution in [3.8, 4) is 0 Å². The fourth-order valence-corrected chi connectivity index (χ4v) is 3.19. The molecule has 0 unspecified atom stereocenters. The first kappa shape index (κ1) is 22.0. The summed E-state index contributed by atoms with van der Waals surface area (Å²) in [4.78, 5) is 19.3. The highest BCUT2D eigenvalue weighted by Crippen LogP contribution is 2.18. The predicted octanol–water partition coefficient (Wildman–Crippen LogP) is 4.01. The minimum absolute atomic E-state index is 0.0603. The van der Waals surface area contributed by atoms with Crippen LogP contribution in [0.1, 0.15) is 28.6 Å². The summed E-state index contributed by atoms with van der Waals surface area (Å²) < 4.78 is 7.58. The van der Waals surface area contributed by atoms with E-state index in [0.29, 0.717) is 25.5 Å². The number of benzene rings is 2. The lowest BCUT2D eigenvalue weighted by molar-refractivity contribution is -0.384. The van der Waals surface area contributed by atoms with Crippen LogP contribution in [0.2, 0.25) is 0 Å². The lowest BCUT2D eigenvalue weighted by atomic mass is 10.1. The third-order valence-corrected chi connectivity index (χ3v) is 4.86. The van der Waals surface area contributed by atoms with Gasteiger partial charge in [0.1, 0.15) is 5.69 Å². The molecule has 33 heavy (non-hydrogen) atoms. The number of hydrogen-bond acceptors (Lipinski definition) is 7. The van der Waals surface area contributed by atoms with Gasteiger partial charge in [0, 0.05) is 24.5 Å². The Morgan fingerprint density at radius 2 is 1.85 bits per heavy atom. The summed E-state index contributed by atoms with van der Waals surface area (Å²) in [5.41, 5.74) is 3.48. The lowest BCUT2D eigenvalue weighted by Crippen LogP contribution is -2.07. The van der Waals surface area contributed by atoms with Gasteiger partial charge in [0.15, 0.2) is 0 Å². The van der Waals surface area contributed by atoms with E-state index < -0.39 is 4.92 Å². The van der Waals surface area contributed by atoms with Crippen LogP contribution in [-0.2, 0) is 17.9 Å². The number of nitrogens with zero attached hydrogens (tertiary/aromatic N) is 6. The molecule has 0 aliphatic carbocycles. The zero-order valence-electron chi connectivity index (χ0n) is 17.8. The zero-order valence-corrected chi connectivity index (χ0v) is 17.8. The van der Waals surface area contributed by atoms with Gasteiger partial charge in [-0.3, -0.25) is 20.1 Å². The first-order valence-corrected chi connectivity index (χ1v) is 10.4. The number of aliphatic imine (C=N–C) groups is 1. The molecular weight excluding hydrogens is 420 g/mol. The molecule has 9 nitrogen and oxygen atoms in total. The maximum atomic E-state index is 10.8. The van der Waals surface area contributed by atoms with Gasteiger partial charge in [0.05, 0.1) is 42.6 Å². The van der Waals surface area contributed by atoms with E-state index in [0.717, 1.165) is 16.8 Å². The fraction of sp³-hybridized carbons (Fsp3) is 0.167. The summed E-state index contributed by atoms with van der Waals surface area (Å²) >= 11 is 0. The van der Waals surface area contributed by atoms with Crippen LogP contribution in [0, 0.1) is 10.1 Å². The van der Waals surface area contributed by atoms with Gasteiger partial charge in [-0.2, -0.15) is 0 Å². The Bertz CT molecular complexity index is 1190. The van der Waals surface area contributed by atoms with Crippen molar-refractivity contribution in [1.82, 2.24) is 20.0 Å². The van der Waals surface area contributed by atoms with Gasteiger partial charge in [0.2, 0.25) is 0 Å². The molecule has 1 atom stereocenters. The average molecular weight is 442 g/mol. The molecule has 4 aromatic rings. The molecule has 2 aromatic carbocycles. The predicted molar refractivity (Wildman–Crippen MR) is 123 cm³/mol. The maximum Gasteiger partial charge on any atom is 0.269 e. The van der Waals surface area contributed by atoms with Crippen LogP contribution < -0.4 is 0 Å². The molecule has 2 aromatic heterocycles. The Kier molecular flexibility index (Phi) is 7.24. The molecule has 0 saturated carbocycles. The van der Waals surface area contributed by atoms with Gasteiger partial charge in [-0.15, -0.1) is 5.10 Å². The maximum absolute atomic E-state index is 10.8. The van der Waals surface area contributed by atoms with Crippen LogP contribution in [0.25, 0.3) is 0 Å². The molecule has 0 radical (unpaired) electrons. The van der Waals surface area contributed by atoms with E-state index in [9.17, 15) is 10.1 Å². The summed E-state index contributed by atoms with van der Waals surface area (Å²) in [5, 5.41) is 19.0. The highest BCUT2D eigenvalue weighted by atomic mass is 16.6. The second-order valence-electron chi connectivity index (χ2n) is 7.31. The Morgan fingerprint density at radius 1 is 1.06 bits per heavy atom. The van der Waals surface area contributed by atoms with Crippen LogP contribution >= 0.6 is 0 Å². The first-order valence-electron chi connectivity index (χ1n) is 10.4.